The van der Waals surface area contributed by atoms with Gasteiger partial charge in [-0.25, -0.2) is 0 Å². The van der Waals surface area contributed by atoms with Crippen molar-refractivity contribution >= 4 is 5.91 Å². The molecular formula is C14H15NO2. The van der Waals surface area contributed by atoms with Crippen LogP contribution in [-0.2, 0) is 16.0 Å². The number of benzene rings is 1. The third kappa shape index (κ3) is 1.12. The summed E-state index contributed by atoms with van der Waals surface area (Å²) in [6, 6.07) is 8.28. The summed E-state index contributed by atoms with van der Waals surface area (Å²) in [5, 5.41) is 0. The van der Waals surface area contributed by atoms with Crippen molar-refractivity contribution in [2.24, 2.45) is 0 Å². The van der Waals surface area contributed by atoms with Gasteiger partial charge >= 0.3 is 0 Å². The summed E-state index contributed by atoms with van der Waals surface area (Å²) in [7, 11) is 0. The Labute approximate surface area is 100 Å². The molecular weight excluding hydrogens is 214 g/mol. The third-order valence-electron chi connectivity index (χ3n) is 4.53. The average molecular weight is 229 g/mol. The Hall–Kier alpha value is -1.35. The Morgan fingerprint density at radius 1 is 1.35 bits per heavy atom. The number of nitrogens with zero attached hydrogens (tertiary/aromatic N) is 1. The number of hydrogen-bond acceptors (Lipinski definition) is 2. The normalized spacial score (nSPS) is 27.8. The Morgan fingerprint density at radius 3 is 2.76 bits per heavy atom. The highest BCUT2D eigenvalue weighted by molar-refractivity contribution is 5.88. The lowest BCUT2D eigenvalue weighted by atomic mass is 9.74. The fourth-order valence-electron chi connectivity index (χ4n) is 3.19. The van der Waals surface area contributed by atoms with Gasteiger partial charge in [0, 0.05) is 6.54 Å². The molecule has 2 heterocycles. The van der Waals surface area contributed by atoms with E-state index >= 15 is 0 Å². The zero-order valence-corrected chi connectivity index (χ0v) is 9.69. The van der Waals surface area contributed by atoms with Crippen molar-refractivity contribution in [2.45, 2.75) is 24.3 Å². The predicted molar refractivity (Wildman–Crippen MR) is 62.8 cm³/mol. The van der Waals surface area contributed by atoms with Gasteiger partial charge in [0.05, 0.1) is 24.7 Å². The molecule has 1 unspecified atom stereocenters. The topological polar surface area (TPSA) is 29.5 Å². The molecule has 1 spiro atoms. The lowest BCUT2D eigenvalue weighted by Gasteiger charge is -2.58. The van der Waals surface area contributed by atoms with Crippen LogP contribution in [0.1, 0.15) is 23.5 Å². The number of amides is 1. The zero-order valence-electron chi connectivity index (χ0n) is 9.69. The van der Waals surface area contributed by atoms with Gasteiger partial charge in [-0.05, 0) is 24.0 Å². The lowest BCUT2D eigenvalue weighted by Crippen LogP contribution is -2.72. The molecule has 2 fully saturated rings. The first-order valence-electron chi connectivity index (χ1n) is 6.27. The van der Waals surface area contributed by atoms with E-state index in [0.29, 0.717) is 5.91 Å². The van der Waals surface area contributed by atoms with E-state index in [1.165, 1.54) is 11.1 Å². The highest BCUT2D eigenvalue weighted by atomic mass is 16.5. The molecule has 1 atom stereocenters. The van der Waals surface area contributed by atoms with Crippen LogP contribution in [0.4, 0.5) is 0 Å². The molecule has 3 aliphatic rings. The number of likely N-dealkylation sites (tertiary alicyclic amines) is 1. The monoisotopic (exact) mass is 229 g/mol. The summed E-state index contributed by atoms with van der Waals surface area (Å²) in [4.78, 5) is 14.5. The van der Waals surface area contributed by atoms with Crippen LogP contribution in [0.25, 0.3) is 0 Å². The van der Waals surface area contributed by atoms with E-state index < -0.39 is 0 Å². The predicted octanol–water partition coefficient (Wildman–Crippen LogP) is 1.33. The minimum atomic E-state index is 0.0849. The van der Waals surface area contributed by atoms with Gasteiger partial charge in [0.1, 0.15) is 0 Å². The second-order valence-electron chi connectivity index (χ2n) is 5.41. The maximum absolute atomic E-state index is 12.4. The molecule has 0 saturated carbocycles. The number of ether oxygens (including phenoxy) is 1. The smallest absolute Gasteiger partial charge is 0.231 e. The van der Waals surface area contributed by atoms with Crippen LogP contribution >= 0.6 is 0 Å². The Bertz CT molecular complexity index is 487. The van der Waals surface area contributed by atoms with E-state index in [1.54, 1.807) is 0 Å². The van der Waals surface area contributed by atoms with Crippen molar-refractivity contribution in [1.82, 2.24) is 4.90 Å². The van der Waals surface area contributed by atoms with Crippen molar-refractivity contribution in [3.8, 4) is 0 Å². The van der Waals surface area contributed by atoms with Crippen molar-refractivity contribution in [3.05, 3.63) is 35.4 Å². The molecule has 1 aliphatic carbocycles. The molecule has 0 bridgehead atoms. The minimum Gasteiger partial charge on any atom is -0.376 e. The van der Waals surface area contributed by atoms with Gasteiger partial charge < -0.3 is 9.64 Å². The Morgan fingerprint density at radius 2 is 2.18 bits per heavy atom. The quantitative estimate of drug-likeness (QED) is 0.727. The molecule has 88 valence electrons. The summed E-state index contributed by atoms with van der Waals surface area (Å²) >= 11 is 0. The number of hydrogen-bond donors (Lipinski definition) is 0. The molecule has 3 nitrogen and oxygen atoms in total. The van der Waals surface area contributed by atoms with Gasteiger partial charge in [0.2, 0.25) is 5.91 Å². The molecule has 0 radical (unpaired) electrons. The molecule has 1 amide bonds. The van der Waals surface area contributed by atoms with Crippen LogP contribution < -0.4 is 0 Å². The Kier molecular flexibility index (Phi) is 1.76. The van der Waals surface area contributed by atoms with Crippen LogP contribution in [0.15, 0.2) is 24.3 Å². The number of fused-ring (bicyclic) bond motifs is 1. The van der Waals surface area contributed by atoms with Gasteiger partial charge in [-0.3, -0.25) is 4.79 Å². The van der Waals surface area contributed by atoms with E-state index in [2.05, 4.69) is 17.0 Å². The number of rotatable bonds is 1. The molecule has 17 heavy (non-hydrogen) atoms. The highest BCUT2D eigenvalue weighted by Crippen LogP contribution is 2.43. The standard InChI is InChI=1S/C14H15NO2/c16-13(15-6-5-14(15)8-17-9-14)12-7-10-3-1-2-4-11(10)12/h1-4,12H,5-9H2. The largest absolute Gasteiger partial charge is 0.376 e. The van der Waals surface area contributed by atoms with Gasteiger partial charge in [0.15, 0.2) is 0 Å². The fourth-order valence-corrected chi connectivity index (χ4v) is 3.19. The molecule has 0 N–H and O–H groups in total. The number of carbonyl (C=O) groups is 1. The van der Waals surface area contributed by atoms with Crippen LogP contribution in [0, 0.1) is 0 Å². The average Bonchev–Trinajstić information content (AvgIpc) is 2.16. The zero-order chi connectivity index (χ0) is 11.5. The van der Waals surface area contributed by atoms with Crippen LogP contribution in [0.2, 0.25) is 0 Å². The van der Waals surface area contributed by atoms with E-state index in [9.17, 15) is 4.79 Å². The molecule has 2 aliphatic heterocycles. The minimum absolute atomic E-state index is 0.0849. The first-order chi connectivity index (χ1) is 8.30. The van der Waals surface area contributed by atoms with E-state index in [-0.39, 0.29) is 11.5 Å². The summed E-state index contributed by atoms with van der Waals surface area (Å²) < 4.78 is 5.27. The first kappa shape index (κ1) is 9.66. The molecule has 2 saturated heterocycles. The second-order valence-corrected chi connectivity index (χ2v) is 5.41. The van der Waals surface area contributed by atoms with Crippen LogP contribution in [-0.4, -0.2) is 36.1 Å². The van der Waals surface area contributed by atoms with Gasteiger partial charge in [0.25, 0.3) is 0 Å². The third-order valence-corrected chi connectivity index (χ3v) is 4.53. The molecule has 3 heteroatoms. The molecule has 1 aromatic rings. The number of carbonyl (C=O) groups excluding carboxylic acids is 1. The van der Waals surface area contributed by atoms with Crippen LogP contribution in [0.5, 0.6) is 0 Å². The first-order valence-corrected chi connectivity index (χ1v) is 6.27. The maximum Gasteiger partial charge on any atom is 0.231 e. The SMILES string of the molecule is O=C(C1Cc2ccccc21)N1CCC12COC2. The second kappa shape index (κ2) is 3.10. The fraction of sp³-hybridized carbons (Fsp3) is 0.500. The van der Waals surface area contributed by atoms with Crippen LogP contribution in [0.3, 0.4) is 0 Å². The van der Waals surface area contributed by atoms with Gasteiger partial charge in [-0.15, -0.1) is 0 Å². The van der Waals surface area contributed by atoms with E-state index in [4.69, 9.17) is 4.74 Å². The maximum atomic E-state index is 12.4. The highest BCUT2D eigenvalue weighted by Gasteiger charge is 2.54. The van der Waals surface area contributed by atoms with Crippen molar-refractivity contribution in [2.75, 3.05) is 19.8 Å². The van der Waals surface area contributed by atoms with Crippen molar-refractivity contribution in [3.63, 3.8) is 0 Å². The summed E-state index contributed by atoms with van der Waals surface area (Å²) in [6.07, 6.45) is 2.04. The van der Waals surface area contributed by atoms with E-state index in [0.717, 1.165) is 32.6 Å². The molecule has 0 aromatic heterocycles. The lowest BCUT2D eigenvalue weighted by molar-refractivity contribution is -0.201. The summed E-state index contributed by atoms with van der Waals surface area (Å²) in [6.45, 7) is 2.40. The Balaban J connectivity index is 1.56. The molecule has 4 rings (SSSR count). The molecule has 1 aromatic carbocycles. The summed E-state index contributed by atoms with van der Waals surface area (Å²) in [5.41, 5.74) is 2.66. The van der Waals surface area contributed by atoms with E-state index in [1.807, 2.05) is 12.1 Å². The summed E-state index contributed by atoms with van der Waals surface area (Å²) in [5.74, 6) is 0.433. The van der Waals surface area contributed by atoms with Crippen molar-refractivity contribution < 1.29 is 9.53 Å². The van der Waals surface area contributed by atoms with Gasteiger partial charge in [-0.2, -0.15) is 0 Å². The van der Waals surface area contributed by atoms with Gasteiger partial charge in [-0.1, -0.05) is 24.3 Å². The van der Waals surface area contributed by atoms with Crippen molar-refractivity contribution in [1.29, 1.82) is 0 Å².